The van der Waals surface area contributed by atoms with Crippen LogP contribution < -0.4 is 10.6 Å². The molecule has 3 atom stereocenters. The number of piperidine rings is 1. The summed E-state index contributed by atoms with van der Waals surface area (Å²) >= 11 is 0. The van der Waals surface area contributed by atoms with Crippen molar-refractivity contribution in [1.82, 2.24) is 10.6 Å². The first-order valence-electron chi connectivity index (χ1n) is 4.33. The Morgan fingerprint density at radius 1 is 1.20 bits per heavy atom. The molecule has 0 amide bonds. The van der Waals surface area contributed by atoms with E-state index in [0.29, 0.717) is 0 Å². The fraction of sp³-hybridized carbons (Fsp3) is 1.00. The quantitative estimate of drug-likeness (QED) is 0.554. The number of hydrogen-bond acceptors (Lipinski definition) is 2. The molecule has 0 radical (unpaired) electrons. The SMILES string of the molecule is CN[C@@H]1CC[C@@H]2CC[C@H]1N2. The predicted octanol–water partition coefficient (Wildman–Crippen LogP) is 0.489. The molecule has 0 unspecified atom stereocenters. The van der Waals surface area contributed by atoms with Gasteiger partial charge in [-0.25, -0.2) is 0 Å². The highest BCUT2D eigenvalue weighted by atomic mass is 15.1. The second-order valence-corrected chi connectivity index (χ2v) is 3.52. The summed E-state index contributed by atoms with van der Waals surface area (Å²) in [7, 11) is 2.07. The topological polar surface area (TPSA) is 24.1 Å². The maximum absolute atomic E-state index is 3.63. The lowest BCUT2D eigenvalue weighted by molar-refractivity contribution is 0.324. The van der Waals surface area contributed by atoms with Crippen LogP contribution in [-0.4, -0.2) is 25.2 Å². The van der Waals surface area contributed by atoms with Crippen molar-refractivity contribution in [3.05, 3.63) is 0 Å². The van der Waals surface area contributed by atoms with E-state index in [1.165, 1.54) is 25.7 Å². The summed E-state index contributed by atoms with van der Waals surface area (Å²) in [4.78, 5) is 0. The van der Waals surface area contributed by atoms with E-state index in [4.69, 9.17) is 0 Å². The third-order valence-corrected chi connectivity index (χ3v) is 2.96. The van der Waals surface area contributed by atoms with Crippen LogP contribution in [0.5, 0.6) is 0 Å². The molecule has 0 spiro atoms. The lowest BCUT2D eigenvalue weighted by Gasteiger charge is -2.29. The summed E-state index contributed by atoms with van der Waals surface area (Å²) in [5, 5.41) is 7.00. The average molecular weight is 140 g/mol. The second kappa shape index (κ2) is 2.51. The molecule has 2 aliphatic heterocycles. The van der Waals surface area contributed by atoms with Gasteiger partial charge >= 0.3 is 0 Å². The molecule has 2 heteroatoms. The molecule has 0 aromatic heterocycles. The first kappa shape index (κ1) is 6.62. The van der Waals surface area contributed by atoms with Crippen LogP contribution in [0.1, 0.15) is 25.7 Å². The molecule has 2 aliphatic rings. The molecular weight excluding hydrogens is 124 g/mol. The molecule has 0 aromatic carbocycles. The van der Waals surface area contributed by atoms with Gasteiger partial charge in [0.2, 0.25) is 0 Å². The lowest BCUT2D eigenvalue weighted by Crippen LogP contribution is -2.49. The molecule has 2 N–H and O–H groups in total. The molecule has 2 fully saturated rings. The van der Waals surface area contributed by atoms with Crippen LogP contribution in [-0.2, 0) is 0 Å². The summed E-state index contributed by atoms with van der Waals surface area (Å²) in [5.41, 5.74) is 0. The molecule has 2 heterocycles. The van der Waals surface area contributed by atoms with Crippen molar-refractivity contribution in [1.29, 1.82) is 0 Å². The van der Waals surface area contributed by atoms with Crippen LogP contribution in [0.2, 0.25) is 0 Å². The van der Waals surface area contributed by atoms with Crippen molar-refractivity contribution < 1.29 is 0 Å². The number of hydrogen-bond donors (Lipinski definition) is 2. The van der Waals surface area contributed by atoms with Gasteiger partial charge in [0.1, 0.15) is 0 Å². The van der Waals surface area contributed by atoms with E-state index in [1.807, 2.05) is 0 Å². The molecule has 0 saturated carbocycles. The second-order valence-electron chi connectivity index (χ2n) is 3.52. The molecular formula is C8H16N2. The first-order valence-corrected chi connectivity index (χ1v) is 4.33. The van der Waals surface area contributed by atoms with Gasteiger partial charge in [-0.15, -0.1) is 0 Å². The summed E-state index contributed by atoms with van der Waals surface area (Å²) < 4.78 is 0. The van der Waals surface area contributed by atoms with Crippen LogP contribution in [0.15, 0.2) is 0 Å². The van der Waals surface area contributed by atoms with E-state index >= 15 is 0 Å². The molecule has 2 bridgehead atoms. The molecule has 0 aliphatic carbocycles. The molecule has 0 aromatic rings. The highest BCUT2D eigenvalue weighted by Crippen LogP contribution is 2.26. The monoisotopic (exact) mass is 140 g/mol. The maximum atomic E-state index is 3.63. The Balaban J connectivity index is 2.00. The third kappa shape index (κ3) is 0.956. The van der Waals surface area contributed by atoms with Crippen molar-refractivity contribution >= 4 is 0 Å². The summed E-state index contributed by atoms with van der Waals surface area (Å²) in [5.74, 6) is 0. The van der Waals surface area contributed by atoms with E-state index in [-0.39, 0.29) is 0 Å². The normalized spacial score (nSPS) is 45.9. The van der Waals surface area contributed by atoms with Crippen LogP contribution >= 0.6 is 0 Å². The van der Waals surface area contributed by atoms with Crippen molar-refractivity contribution in [2.75, 3.05) is 7.05 Å². The van der Waals surface area contributed by atoms with Crippen LogP contribution in [0.3, 0.4) is 0 Å². The van der Waals surface area contributed by atoms with Crippen LogP contribution in [0.25, 0.3) is 0 Å². The maximum Gasteiger partial charge on any atom is 0.0224 e. The number of likely N-dealkylation sites (N-methyl/N-ethyl adjacent to an activating group) is 1. The molecule has 2 saturated heterocycles. The van der Waals surface area contributed by atoms with Gasteiger partial charge in [0.25, 0.3) is 0 Å². The highest BCUT2D eigenvalue weighted by molar-refractivity contribution is 4.96. The molecule has 10 heavy (non-hydrogen) atoms. The molecule has 2 nitrogen and oxygen atoms in total. The van der Waals surface area contributed by atoms with Gasteiger partial charge in [-0.2, -0.15) is 0 Å². The summed E-state index contributed by atoms with van der Waals surface area (Å²) in [6, 6.07) is 2.39. The van der Waals surface area contributed by atoms with Crippen LogP contribution in [0.4, 0.5) is 0 Å². The summed E-state index contributed by atoms with van der Waals surface area (Å²) in [6.45, 7) is 0. The van der Waals surface area contributed by atoms with E-state index in [1.54, 1.807) is 0 Å². The van der Waals surface area contributed by atoms with Crippen molar-refractivity contribution in [3.8, 4) is 0 Å². The smallest absolute Gasteiger partial charge is 0.0224 e. The van der Waals surface area contributed by atoms with E-state index in [9.17, 15) is 0 Å². The van der Waals surface area contributed by atoms with Crippen molar-refractivity contribution in [2.24, 2.45) is 0 Å². The van der Waals surface area contributed by atoms with Crippen molar-refractivity contribution in [3.63, 3.8) is 0 Å². The Hall–Kier alpha value is -0.0800. The fourth-order valence-corrected chi connectivity index (χ4v) is 2.32. The Kier molecular flexibility index (Phi) is 1.66. The lowest BCUT2D eigenvalue weighted by atomic mass is 10.0. The van der Waals surface area contributed by atoms with Gasteiger partial charge in [-0.1, -0.05) is 0 Å². The Morgan fingerprint density at radius 3 is 2.80 bits per heavy atom. The van der Waals surface area contributed by atoms with Crippen molar-refractivity contribution in [2.45, 2.75) is 43.8 Å². The Bertz CT molecular complexity index is 124. The minimum atomic E-state index is 0.749. The summed E-state index contributed by atoms with van der Waals surface area (Å²) in [6.07, 6.45) is 5.54. The van der Waals surface area contributed by atoms with E-state index in [2.05, 4.69) is 17.7 Å². The average Bonchev–Trinajstić information content (AvgIpc) is 2.34. The zero-order chi connectivity index (χ0) is 6.97. The zero-order valence-corrected chi connectivity index (χ0v) is 6.56. The zero-order valence-electron chi connectivity index (χ0n) is 6.56. The number of rotatable bonds is 1. The minimum absolute atomic E-state index is 0.749. The molecule has 2 rings (SSSR count). The van der Waals surface area contributed by atoms with Gasteiger partial charge in [0.05, 0.1) is 0 Å². The van der Waals surface area contributed by atoms with E-state index in [0.717, 1.165) is 18.1 Å². The van der Waals surface area contributed by atoms with Gasteiger partial charge in [0.15, 0.2) is 0 Å². The first-order chi connectivity index (χ1) is 4.90. The number of nitrogens with one attached hydrogen (secondary N) is 2. The number of fused-ring (bicyclic) bond motifs is 2. The third-order valence-electron chi connectivity index (χ3n) is 2.96. The molecule has 58 valence electrons. The largest absolute Gasteiger partial charge is 0.315 e. The van der Waals surface area contributed by atoms with Gasteiger partial charge < -0.3 is 10.6 Å². The van der Waals surface area contributed by atoms with Gasteiger partial charge in [-0.3, -0.25) is 0 Å². The van der Waals surface area contributed by atoms with Gasteiger partial charge in [-0.05, 0) is 32.7 Å². The standard InChI is InChI=1S/C8H16N2/c1-9-7-4-2-6-3-5-8(7)10-6/h6-10H,2-5H2,1H3/t6-,7-,8-/m1/s1. The Labute approximate surface area is 62.4 Å². The van der Waals surface area contributed by atoms with E-state index < -0.39 is 0 Å². The fourth-order valence-electron chi connectivity index (χ4n) is 2.32. The van der Waals surface area contributed by atoms with Gasteiger partial charge in [0, 0.05) is 18.1 Å². The predicted molar refractivity (Wildman–Crippen MR) is 42.0 cm³/mol. The minimum Gasteiger partial charge on any atom is -0.315 e. The van der Waals surface area contributed by atoms with Crippen LogP contribution in [0, 0.1) is 0 Å². The highest BCUT2D eigenvalue weighted by Gasteiger charge is 2.33. The Morgan fingerprint density at radius 2 is 2.00 bits per heavy atom.